The zero-order valence-electron chi connectivity index (χ0n) is 9.98. The Morgan fingerprint density at radius 2 is 1.94 bits per heavy atom. The molecular formula is C12H16BrO3P. The lowest BCUT2D eigenvalue weighted by Crippen LogP contribution is -1.97. The van der Waals surface area contributed by atoms with E-state index in [-0.39, 0.29) is 0 Å². The average molecular weight is 319 g/mol. The number of rotatable bonds is 6. The molecule has 0 saturated carbocycles. The van der Waals surface area contributed by atoms with Gasteiger partial charge in [-0.2, -0.15) is 0 Å². The second-order valence-corrected chi connectivity index (χ2v) is 6.26. The Morgan fingerprint density at radius 1 is 1.35 bits per heavy atom. The molecule has 0 atom stereocenters. The highest BCUT2D eigenvalue weighted by Crippen LogP contribution is 2.59. The van der Waals surface area contributed by atoms with Gasteiger partial charge in [-0.25, -0.2) is 0 Å². The topological polar surface area (TPSA) is 35.5 Å². The zero-order valence-corrected chi connectivity index (χ0v) is 12.5. The summed E-state index contributed by atoms with van der Waals surface area (Å²) in [5, 5.41) is 0.391. The van der Waals surface area contributed by atoms with E-state index in [2.05, 4.69) is 22.5 Å². The molecule has 5 heteroatoms. The van der Waals surface area contributed by atoms with E-state index in [1.54, 1.807) is 13.8 Å². The first kappa shape index (κ1) is 14.7. The van der Waals surface area contributed by atoms with Gasteiger partial charge in [0.1, 0.15) is 0 Å². The van der Waals surface area contributed by atoms with Crippen LogP contribution in [0, 0.1) is 0 Å². The summed E-state index contributed by atoms with van der Waals surface area (Å²) in [6.45, 7) is 8.04. The summed E-state index contributed by atoms with van der Waals surface area (Å²) >= 11 is 3.36. The van der Waals surface area contributed by atoms with Gasteiger partial charge in [0, 0.05) is 4.47 Å². The first-order valence-electron chi connectivity index (χ1n) is 5.38. The molecule has 0 saturated heterocycles. The minimum Gasteiger partial charge on any atom is -0.305 e. The second kappa shape index (κ2) is 6.50. The van der Waals surface area contributed by atoms with E-state index in [1.807, 2.05) is 24.3 Å². The van der Waals surface area contributed by atoms with Crippen molar-refractivity contribution in [3.05, 3.63) is 40.9 Å². The molecule has 0 aromatic heterocycles. The van der Waals surface area contributed by atoms with Gasteiger partial charge in [0.2, 0.25) is 0 Å². The molecule has 0 heterocycles. The van der Waals surface area contributed by atoms with Crippen LogP contribution in [-0.2, 0) is 13.6 Å². The van der Waals surface area contributed by atoms with Crippen LogP contribution in [0.25, 0.3) is 5.31 Å². The van der Waals surface area contributed by atoms with E-state index in [9.17, 15) is 4.57 Å². The molecule has 0 aliphatic rings. The molecule has 1 rings (SSSR count). The second-order valence-electron chi connectivity index (χ2n) is 3.29. The molecule has 0 N–H and O–H groups in total. The summed E-state index contributed by atoms with van der Waals surface area (Å²) < 4.78 is 23.9. The molecule has 0 amide bonds. The van der Waals surface area contributed by atoms with Crippen LogP contribution >= 0.6 is 23.5 Å². The molecule has 1 aromatic carbocycles. The van der Waals surface area contributed by atoms with Gasteiger partial charge in [-0.05, 0) is 31.5 Å². The molecule has 0 radical (unpaired) electrons. The molecular weight excluding hydrogens is 303 g/mol. The van der Waals surface area contributed by atoms with Crippen LogP contribution < -0.4 is 0 Å². The standard InChI is InChI=1S/C12H16BrO3P/c1-4-15-17(14,16-5-2)10(3)11-7-6-8-12(13)9-11/h6-9H,3-5H2,1-2H3. The van der Waals surface area contributed by atoms with E-state index in [0.717, 1.165) is 10.0 Å². The van der Waals surface area contributed by atoms with E-state index in [1.165, 1.54) is 0 Å². The molecule has 1 aromatic rings. The highest BCUT2D eigenvalue weighted by atomic mass is 79.9. The van der Waals surface area contributed by atoms with E-state index >= 15 is 0 Å². The van der Waals surface area contributed by atoms with Crippen molar-refractivity contribution in [2.24, 2.45) is 0 Å². The molecule has 0 aliphatic carbocycles. The lowest BCUT2D eigenvalue weighted by atomic mass is 10.2. The summed E-state index contributed by atoms with van der Waals surface area (Å²) in [4.78, 5) is 0. The summed E-state index contributed by atoms with van der Waals surface area (Å²) in [7, 11) is -3.27. The van der Waals surface area contributed by atoms with Crippen molar-refractivity contribution in [3.8, 4) is 0 Å². The van der Waals surface area contributed by atoms with Crippen molar-refractivity contribution in [2.45, 2.75) is 13.8 Å². The third kappa shape index (κ3) is 3.78. The van der Waals surface area contributed by atoms with Crippen molar-refractivity contribution in [1.29, 1.82) is 0 Å². The van der Waals surface area contributed by atoms with Crippen LogP contribution in [0.15, 0.2) is 35.3 Å². The largest absolute Gasteiger partial charge is 0.361 e. The highest BCUT2D eigenvalue weighted by molar-refractivity contribution is 9.10. The quantitative estimate of drug-likeness (QED) is 0.714. The van der Waals surface area contributed by atoms with Crippen LogP contribution in [0.1, 0.15) is 19.4 Å². The third-order valence-electron chi connectivity index (χ3n) is 2.09. The fraction of sp³-hybridized carbons (Fsp3) is 0.333. The molecule has 94 valence electrons. The van der Waals surface area contributed by atoms with Gasteiger partial charge in [0.05, 0.1) is 18.5 Å². The Morgan fingerprint density at radius 3 is 2.41 bits per heavy atom. The molecule has 0 unspecified atom stereocenters. The van der Waals surface area contributed by atoms with Gasteiger partial charge in [0.25, 0.3) is 0 Å². The Hall–Kier alpha value is -0.410. The van der Waals surface area contributed by atoms with Crippen molar-refractivity contribution < 1.29 is 13.6 Å². The van der Waals surface area contributed by atoms with Crippen LogP contribution in [-0.4, -0.2) is 13.2 Å². The summed E-state index contributed by atoms with van der Waals surface area (Å²) in [5.74, 6) is 0. The average Bonchev–Trinajstić information content (AvgIpc) is 2.28. The Balaban J connectivity index is 3.04. The van der Waals surface area contributed by atoms with E-state index in [4.69, 9.17) is 9.05 Å². The lowest BCUT2D eigenvalue weighted by molar-refractivity contribution is 0.230. The minimum absolute atomic E-state index is 0.324. The molecule has 0 fully saturated rings. The SMILES string of the molecule is C=C(c1cccc(Br)c1)P(=O)(OCC)OCC. The number of halogens is 1. The molecule has 0 aliphatic heterocycles. The predicted molar refractivity (Wildman–Crippen MR) is 74.0 cm³/mol. The van der Waals surface area contributed by atoms with Gasteiger partial charge in [0.15, 0.2) is 0 Å². The normalized spacial score (nSPS) is 11.5. The summed E-state index contributed by atoms with van der Waals surface area (Å²) in [6, 6.07) is 7.42. The fourth-order valence-electron chi connectivity index (χ4n) is 1.36. The van der Waals surface area contributed by atoms with Crippen molar-refractivity contribution >= 4 is 28.8 Å². The molecule has 3 nitrogen and oxygen atoms in total. The molecule has 0 bridgehead atoms. The minimum atomic E-state index is -3.27. The number of hydrogen-bond donors (Lipinski definition) is 0. The first-order valence-corrected chi connectivity index (χ1v) is 7.71. The van der Waals surface area contributed by atoms with Crippen molar-refractivity contribution in [1.82, 2.24) is 0 Å². The highest BCUT2D eigenvalue weighted by Gasteiger charge is 2.28. The summed E-state index contributed by atoms with van der Waals surface area (Å²) in [6.07, 6.45) is 0. The maximum Gasteiger partial charge on any atom is 0.361 e. The Labute approximate surface area is 110 Å². The Bertz CT molecular complexity index is 435. The fourth-order valence-corrected chi connectivity index (χ4v) is 3.28. The molecule has 0 spiro atoms. The van der Waals surface area contributed by atoms with Gasteiger partial charge >= 0.3 is 7.60 Å². The van der Waals surface area contributed by atoms with Crippen LogP contribution in [0.3, 0.4) is 0 Å². The predicted octanol–water partition coefficient (Wildman–Crippen LogP) is 4.69. The lowest BCUT2D eigenvalue weighted by Gasteiger charge is -2.19. The van der Waals surface area contributed by atoms with E-state index < -0.39 is 7.60 Å². The van der Waals surface area contributed by atoms with Gasteiger partial charge < -0.3 is 9.05 Å². The maximum atomic E-state index is 12.5. The van der Waals surface area contributed by atoms with Gasteiger partial charge in [-0.1, -0.05) is 34.6 Å². The van der Waals surface area contributed by atoms with Gasteiger partial charge in [-0.3, -0.25) is 4.57 Å². The molecule has 17 heavy (non-hydrogen) atoms. The van der Waals surface area contributed by atoms with E-state index in [0.29, 0.717) is 18.5 Å². The summed E-state index contributed by atoms with van der Waals surface area (Å²) in [5.41, 5.74) is 0.754. The van der Waals surface area contributed by atoms with Crippen LogP contribution in [0.2, 0.25) is 0 Å². The number of benzene rings is 1. The monoisotopic (exact) mass is 318 g/mol. The smallest absolute Gasteiger partial charge is 0.305 e. The maximum absolute atomic E-state index is 12.5. The third-order valence-corrected chi connectivity index (χ3v) is 4.70. The van der Waals surface area contributed by atoms with Crippen LogP contribution in [0.4, 0.5) is 0 Å². The van der Waals surface area contributed by atoms with Gasteiger partial charge in [-0.15, -0.1) is 0 Å². The van der Waals surface area contributed by atoms with Crippen LogP contribution in [0.5, 0.6) is 0 Å². The number of hydrogen-bond acceptors (Lipinski definition) is 3. The Kier molecular flexibility index (Phi) is 5.60. The van der Waals surface area contributed by atoms with Crippen molar-refractivity contribution in [2.75, 3.05) is 13.2 Å². The zero-order chi connectivity index (χ0) is 12.9. The first-order chi connectivity index (χ1) is 8.03. The van der Waals surface area contributed by atoms with Crippen molar-refractivity contribution in [3.63, 3.8) is 0 Å².